The minimum atomic E-state index is 0.0226. The van der Waals surface area contributed by atoms with Crippen LogP contribution in [-0.2, 0) is 11.2 Å². The number of amides is 1. The van der Waals surface area contributed by atoms with E-state index in [4.69, 9.17) is 4.74 Å². The van der Waals surface area contributed by atoms with Crippen LogP contribution in [0.4, 0.5) is 0 Å². The Labute approximate surface area is 138 Å². The molecule has 1 N–H and O–H groups in total. The molecule has 0 spiro atoms. The third kappa shape index (κ3) is 5.78. The molecule has 2 aromatic carbocycles. The van der Waals surface area contributed by atoms with Crippen molar-refractivity contribution in [1.29, 1.82) is 0 Å². The molecule has 122 valence electrons. The molecule has 0 aliphatic rings. The van der Waals surface area contributed by atoms with Crippen molar-refractivity contribution in [1.82, 2.24) is 5.32 Å². The molecule has 0 bridgehead atoms. The summed E-state index contributed by atoms with van der Waals surface area (Å²) in [5.41, 5.74) is 3.50. The summed E-state index contributed by atoms with van der Waals surface area (Å²) in [6, 6.07) is 16.1. The molecule has 0 saturated heterocycles. The van der Waals surface area contributed by atoms with Gasteiger partial charge in [-0.1, -0.05) is 55.8 Å². The van der Waals surface area contributed by atoms with Crippen molar-refractivity contribution in [3.05, 3.63) is 65.2 Å². The maximum absolute atomic E-state index is 11.9. The first-order valence-corrected chi connectivity index (χ1v) is 8.09. The largest absolute Gasteiger partial charge is 0.492 e. The summed E-state index contributed by atoms with van der Waals surface area (Å²) in [5.74, 6) is 1.38. The highest BCUT2D eigenvalue weighted by atomic mass is 16.5. The number of carbonyl (C=O) groups excluding carboxylic acids is 1. The van der Waals surface area contributed by atoms with E-state index in [0.717, 1.165) is 11.3 Å². The van der Waals surface area contributed by atoms with E-state index < -0.39 is 0 Å². The van der Waals surface area contributed by atoms with Gasteiger partial charge in [-0.25, -0.2) is 0 Å². The van der Waals surface area contributed by atoms with Gasteiger partial charge in [0.05, 0.1) is 13.0 Å². The van der Waals surface area contributed by atoms with E-state index in [9.17, 15) is 4.79 Å². The Kier molecular flexibility index (Phi) is 6.21. The first-order valence-electron chi connectivity index (χ1n) is 8.09. The predicted octanol–water partition coefficient (Wildman–Crippen LogP) is 3.86. The first-order chi connectivity index (χ1) is 11.0. The van der Waals surface area contributed by atoms with Gasteiger partial charge in [0.1, 0.15) is 12.4 Å². The minimum Gasteiger partial charge on any atom is -0.492 e. The zero-order valence-corrected chi connectivity index (χ0v) is 14.1. The van der Waals surface area contributed by atoms with Crippen molar-refractivity contribution in [2.24, 2.45) is 0 Å². The Balaban J connectivity index is 1.69. The molecular weight excluding hydrogens is 286 g/mol. The summed E-state index contributed by atoms with van der Waals surface area (Å²) in [4.78, 5) is 11.9. The molecule has 3 heteroatoms. The summed E-state index contributed by atoms with van der Waals surface area (Å²) in [7, 11) is 0. The molecular formula is C20H25NO2. The fourth-order valence-electron chi connectivity index (χ4n) is 2.38. The summed E-state index contributed by atoms with van der Waals surface area (Å²) in [6.07, 6.45) is 0.408. The normalized spacial score (nSPS) is 10.6. The van der Waals surface area contributed by atoms with Crippen LogP contribution in [0.25, 0.3) is 0 Å². The Morgan fingerprint density at radius 2 is 1.87 bits per heavy atom. The number of carbonyl (C=O) groups is 1. The third-order valence-corrected chi connectivity index (χ3v) is 3.69. The average molecular weight is 311 g/mol. The smallest absolute Gasteiger partial charge is 0.224 e. The molecule has 3 nitrogen and oxygen atoms in total. The van der Waals surface area contributed by atoms with Gasteiger partial charge in [-0.05, 0) is 36.1 Å². The molecule has 0 aliphatic carbocycles. The second-order valence-electron chi connectivity index (χ2n) is 6.09. The van der Waals surface area contributed by atoms with Gasteiger partial charge >= 0.3 is 0 Å². The van der Waals surface area contributed by atoms with Crippen LogP contribution >= 0.6 is 0 Å². The number of hydrogen-bond donors (Lipinski definition) is 1. The molecule has 0 unspecified atom stereocenters. The zero-order chi connectivity index (χ0) is 16.7. The fourth-order valence-corrected chi connectivity index (χ4v) is 2.38. The standard InChI is InChI=1S/C20H25NO2/c1-15(2)18-7-9-19(10-8-18)23-12-11-21-20(22)14-17-6-4-5-16(3)13-17/h4-10,13,15H,11-12,14H2,1-3H3,(H,21,22). The van der Waals surface area contributed by atoms with Crippen LogP contribution < -0.4 is 10.1 Å². The second kappa shape index (κ2) is 8.37. The fraction of sp³-hybridized carbons (Fsp3) is 0.350. The second-order valence-corrected chi connectivity index (χ2v) is 6.09. The Bertz CT molecular complexity index is 632. The average Bonchev–Trinajstić information content (AvgIpc) is 2.52. The van der Waals surface area contributed by atoms with Gasteiger partial charge in [0, 0.05) is 0 Å². The summed E-state index contributed by atoms with van der Waals surface area (Å²) in [5, 5.41) is 2.89. The SMILES string of the molecule is Cc1cccc(CC(=O)NCCOc2ccc(C(C)C)cc2)c1. The predicted molar refractivity (Wildman–Crippen MR) is 93.9 cm³/mol. The lowest BCUT2D eigenvalue weighted by Gasteiger charge is -2.10. The van der Waals surface area contributed by atoms with Gasteiger partial charge in [0.25, 0.3) is 0 Å². The number of hydrogen-bond acceptors (Lipinski definition) is 2. The van der Waals surface area contributed by atoms with E-state index in [2.05, 4.69) is 31.3 Å². The van der Waals surface area contributed by atoms with Gasteiger partial charge < -0.3 is 10.1 Å². The van der Waals surface area contributed by atoms with Crippen LogP contribution in [0, 0.1) is 6.92 Å². The number of aryl methyl sites for hydroxylation is 1. The Morgan fingerprint density at radius 1 is 1.13 bits per heavy atom. The van der Waals surface area contributed by atoms with Crippen LogP contribution in [0.3, 0.4) is 0 Å². The molecule has 2 rings (SSSR count). The van der Waals surface area contributed by atoms with Crippen molar-refractivity contribution < 1.29 is 9.53 Å². The maximum Gasteiger partial charge on any atom is 0.224 e. The molecule has 0 aliphatic heterocycles. The Hall–Kier alpha value is -2.29. The van der Waals surface area contributed by atoms with Crippen LogP contribution in [0.15, 0.2) is 48.5 Å². The van der Waals surface area contributed by atoms with E-state index in [1.807, 2.05) is 43.3 Å². The number of rotatable bonds is 7. The molecule has 0 radical (unpaired) electrons. The number of ether oxygens (including phenoxy) is 1. The first kappa shape index (κ1) is 17.1. The Morgan fingerprint density at radius 3 is 2.52 bits per heavy atom. The van der Waals surface area contributed by atoms with Crippen molar-refractivity contribution in [2.75, 3.05) is 13.2 Å². The van der Waals surface area contributed by atoms with Gasteiger partial charge in [-0.15, -0.1) is 0 Å². The van der Waals surface area contributed by atoms with Crippen LogP contribution in [-0.4, -0.2) is 19.1 Å². The summed E-state index contributed by atoms with van der Waals surface area (Å²) in [6.45, 7) is 7.34. The van der Waals surface area contributed by atoms with Crippen molar-refractivity contribution in [3.63, 3.8) is 0 Å². The van der Waals surface area contributed by atoms with Gasteiger partial charge in [-0.2, -0.15) is 0 Å². The summed E-state index contributed by atoms with van der Waals surface area (Å²) < 4.78 is 5.65. The lowest BCUT2D eigenvalue weighted by molar-refractivity contribution is -0.120. The van der Waals surface area contributed by atoms with E-state index in [1.54, 1.807) is 0 Å². The minimum absolute atomic E-state index is 0.0226. The summed E-state index contributed by atoms with van der Waals surface area (Å²) >= 11 is 0. The van der Waals surface area contributed by atoms with Crippen molar-refractivity contribution in [2.45, 2.75) is 33.1 Å². The topological polar surface area (TPSA) is 38.3 Å². The highest BCUT2D eigenvalue weighted by molar-refractivity contribution is 5.78. The molecule has 0 saturated carbocycles. The van der Waals surface area contributed by atoms with Gasteiger partial charge in [-0.3, -0.25) is 4.79 Å². The van der Waals surface area contributed by atoms with E-state index in [0.29, 0.717) is 25.5 Å². The van der Waals surface area contributed by atoms with Crippen molar-refractivity contribution in [3.8, 4) is 5.75 Å². The van der Waals surface area contributed by atoms with E-state index in [-0.39, 0.29) is 5.91 Å². The zero-order valence-electron chi connectivity index (χ0n) is 14.1. The lowest BCUT2D eigenvalue weighted by atomic mass is 10.0. The molecule has 23 heavy (non-hydrogen) atoms. The highest BCUT2D eigenvalue weighted by Crippen LogP contribution is 2.18. The van der Waals surface area contributed by atoms with Gasteiger partial charge in [0.2, 0.25) is 5.91 Å². The van der Waals surface area contributed by atoms with E-state index in [1.165, 1.54) is 11.1 Å². The maximum atomic E-state index is 11.9. The number of benzene rings is 2. The van der Waals surface area contributed by atoms with E-state index >= 15 is 0 Å². The lowest BCUT2D eigenvalue weighted by Crippen LogP contribution is -2.29. The molecule has 2 aromatic rings. The highest BCUT2D eigenvalue weighted by Gasteiger charge is 2.03. The quantitative estimate of drug-likeness (QED) is 0.789. The molecule has 0 atom stereocenters. The van der Waals surface area contributed by atoms with Gasteiger partial charge in [0.15, 0.2) is 0 Å². The molecule has 0 heterocycles. The number of nitrogens with one attached hydrogen (secondary N) is 1. The molecule has 0 aromatic heterocycles. The third-order valence-electron chi connectivity index (χ3n) is 3.69. The monoisotopic (exact) mass is 311 g/mol. The van der Waals surface area contributed by atoms with Crippen LogP contribution in [0.5, 0.6) is 5.75 Å². The van der Waals surface area contributed by atoms with Crippen LogP contribution in [0.1, 0.15) is 36.5 Å². The van der Waals surface area contributed by atoms with Crippen LogP contribution in [0.2, 0.25) is 0 Å². The van der Waals surface area contributed by atoms with Crippen molar-refractivity contribution >= 4 is 5.91 Å². The molecule has 1 amide bonds. The molecule has 0 fully saturated rings.